The molecule has 33 heavy (non-hydrogen) atoms. The first kappa shape index (κ1) is 42.9. The van der Waals surface area contributed by atoms with Crippen LogP contribution < -0.4 is 0 Å². The Bertz CT molecular complexity index is 372. The maximum atomic E-state index is 7.75. The van der Waals surface area contributed by atoms with Crippen molar-refractivity contribution in [2.24, 2.45) is 11.8 Å². The Balaban J connectivity index is -0.000000134. The molecule has 4 atom stereocenters. The molecular formula is C26H54N4O2Ru. The van der Waals surface area contributed by atoms with Gasteiger partial charge in [-0.2, -0.15) is 0 Å². The molecular weight excluding hydrogens is 501 g/mol. The minimum atomic E-state index is 0. The van der Waals surface area contributed by atoms with Crippen LogP contribution in [0.4, 0.5) is 0 Å². The molecule has 0 aromatic carbocycles. The van der Waals surface area contributed by atoms with Crippen LogP contribution in [0, 0.1) is 11.8 Å². The van der Waals surface area contributed by atoms with Crippen molar-refractivity contribution in [3.05, 3.63) is 21.3 Å². The SMILES string of the molecule is CCC(C)[N-]C([N-]C(C)(C)C)C(C)C.CCC(C)[N-]C([N-]C(C)(C)C)C(C)C.[CH-]=O.[CH-]=O.[Ru+6]. The van der Waals surface area contributed by atoms with E-state index in [1.165, 1.54) is 0 Å². The molecule has 0 saturated heterocycles. The first-order valence-corrected chi connectivity index (χ1v) is 11.8. The van der Waals surface area contributed by atoms with Crippen molar-refractivity contribution in [1.29, 1.82) is 0 Å². The summed E-state index contributed by atoms with van der Waals surface area (Å²) in [6.07, 6.45) is 2.51. The summed E-state index contributed by atoms with van der Waals surface area (Å²) in [6, 6.07) is 0.849. The van der Waals surface area contributed by atoms with E-state index in [4.69, 9.17) is 30.9 Å². The van der Waals surface area contributed by atoms with Crippen LogP contribution in [-0.4, -0.2) is 49.1 Å². The first-order valence-electron chi connectivity index (χ1n) is 11.8. The molecule has 0 saturated carbocycles. The van der Waals surface area contributed by atoms with Gasteiger partial charge in [-0.1, -0.05) is 122 Å². The van der Waals surface area contributed by atoms with E-state index in [1.54, 1.807) is 0 Å². The summed E-state index contributed by atoms with van der Waals surface area (Å²) in [5, 5.41) is 18.9. The molecule has 0 rings (SSSR count). The van der Waals surface area contributed by atoms with Crippen LogP contribution in [0.25, 0.3) is 21.3 Å². The normalized spacial score (nSPS) is 14.8. The topological polar surface area (TPSA) is 90.5 Å². The second kappa shape index (κ2) is 23.5. The summed E-state index contributed by atoms with van der Waals surface area (Å²) in [5.41, 5.74) is 0.0395. The minimum absolute atomic E-state index is 0. The van der Waals surface area contributed by atoms with Crippen LogP contribution in [0.1, 0.15) is 110 Å². The molecule has 0 heterocycles. The van der Waals surface area contributed by atoms with Gasteiger partial charge in [-0.25, -0.2) is 12.3 Å². The van der Waals surface area contributed by atoms with Gasteiger partial charge in [0, 0.05) is 0 Å². The predicted octanol–water partition coefficient (Wildman–Crippen LogP) is 8.08. The Morgan fingerprint density at radius 1 is 0.576 bits per heavy atom. The summed E-state index contributed by atoms with van der Waals surface area (Å²) in [5.74, 6) is 1.01. The van der Waals surface area contributed by atoms with Crippen molar-refractivity contribution in [2.45, 2.75) is 145 Å². The maximum Gasteiger partial charge on any atom is 6.00 e. The van der Waals surface area contributed by atoms with Crippen LogP contribution in [0.15, 0.2) is 0 Å². The van der Waals surface area contributed by atoms with Gasteiger partial charge in [-0.05, 0) is 0 Å². The van der Waals surface area contributed by atoms with E-state index in [0.717, 1.165) is 12.8 Å². The van der Waals surface area contributed by atoms with Crippen LogP contribution in [0.5, 0.6) is 0 Å². The van der Waals surface area contributed by atoms with Crippen molar-refractivity contribution in [2.75, 3.05) is 0 Å². The van der Waals surface area contributed by atoms with Gasteiger partial charge in [0.05, 0.1) is 0 Å². The fraction of sp³-hybridized carbons (Fsp3) is 0.923. The Kier molecular flexibility index (Phi) is 30.6. The molecule has 0 fully saturated rings. The van der Waals surface area contributed by atoms with Crippen LogP contribution in [0.2, 0.25) is 0 Å². The molecule has 0 aliphatic carbocycles. The maximum absolute atomic E-state index is 7.75. The number of hydrogen-bond acceptors (Lipinski definition) is 2. The average Bonchev–Trinajstić information content (AvgIpc) is 2.68. The first-order chi connectivity index (χ1) is 14.5. The Hall–Kier alpha value is -0.197. The zero-order valence-corrected chi connectivity index (χ0v) is 25.7. The van der Waals surface area contributed by atoms with Crippen molar-refractivity contribution >= 4 is 13.6 Å². The van der Waals surface area contributed by atoms with Crippen LogP contribution in [0.3, 0.4) is 0 Å². The van der Waals surface area contributed by atoms with E-state index in [9.17, 15) is 0 Å². The number of carbonyl (C=O) groups excluding carboxylic acids is 2. The third-order valence-electron chi connectivity index (χ3n) is 4.23. The third-order valence-corrected chi connectivity index (χ3v) is 4.23. The van der Waals surface area contributed by atoms with Crippen molar-refractivity contribution in [3.63, 3.8) is 0 Å². The molecule has 0 N–H and O–H groups in total. The molecule has 6 nitrogen and oxygen atoms in total. The smallest absolute Gasteiger partial charge is 0.675 e. The fourth-order valence-electron chi connectivity index (χ4n) is 2.23. The van der Waals surface area contributed by atoms with Gasteiger partial charge in [-0.15, -0.1) is 23.2 Å². The van der Waals surface area contributed by atoms with Gasteiger partial charge in [0.15, 0.2) is 0 Å². The summed E-state index contributed by atoms with van der Waals surface area (Å²) < 4.78 is 0. The second-order valence-electron chi connectivity index (χ2n) is 10.7. The van der Waals surface area contributed by atoms with Gasteiger partial charge < -0.3 is 30.9 Å². The predicted molar refractivity (Wildman–Crippen MR) is 143 cm³/mol. The summed E-state index contributed by atoms with van der Waals surface area (Å²) in [4.78, 5) is 15.5. The van der Waals surface area contributed by atoms with Crippen LogP contribution in [-0.2, 0) is 29.1 Å². The number of rotatable bonds is 10. The molecule has 0 spiro atoms. The van der Waals surface area contributed by atoms with Gasteiger partial charge in [0.2, 0.25) is 0 Å². The van der Waals surface area contributed by atoms with E-state index in [-0.39, 0.29) is 42.9 Å². The van der Waals surface area contributed by atoms with Gasteiger partial charge in [0.1, 0.15) is 0 Å². The zero-order chi connectivity index (χ0) is 26.7. The summed E-state index contributed by atoms with van der Waals surface area (Å²) in [6.45, 7) is 36.7. The van der Waals surface area contributed by atoms with E-state index in [2.05, 4.69) is 111 Å². The second-order valence-corrected chi connectivity index (χ2v) is 10.7. The molecule has 0 radical (unpaired) electrons. The molecule has 0 aromatic heterocycles. The van der Waals surface area contributed by atoms with E-state index < -0.39 is 0 Å². The van der Waals surface area contributed by atoms with Crippen molar-refractivity contribution in [3.8, 4) is 0 Å². The molecule has 0 aliphatic rings. The molecule has 0 amide bonds. The largest absolute Gasteiger partial charge is 6.00 e. The monoisotopic (exact) mass is 556 g/mol. The average molecular weight is 556 g/mol. The Morgan fingerprint density at radius 3 is 0.909 bits per heavy atom. The third kappa shape index (κ3) is 31.8. The quantitative estimate of drug-likeness (QED) is 0.155. The van der Waals surface area contributed by atoms with Crippen LogP contribution >= 0.6 is 0 Å². The summed E-state index contributed by atoms with van der Waals surface area (Å²) in [7, 11) is 0. The van der Waals surface area contributed by atoms with E-state index >= 15 is 0 Å². The minimum Gasteiger partial charge on any atom is -0.675 e. The van der Waals surface area contributed by atoms with E-state index in [1.807, 2.05) is 0 Å². The molecule has 0 aliphatic heterocycles. The number of hydrogen-bond donors (Lipinski definition) is 0. The molecule has 0 bridgehead atoms. The molecule has 7 heteroatoms. The standard InChI is InChI=1S/2C12H26N2.2CHO.Ru/c2*1-8-10(4)13-11(9(2)3)14-12(5,6)7;2*1-2;/h2*9-11H,8H2,1-7H3;2*1H;/q2*-2;2*-1;+6. The fourth-order valence-corrected chi connectivity index (χ4v) is 2.23. The zero-order valence-electron chi connectivity index (χ0n) is 24.0. The van der Waals surface area contributed by atoms with Crippen molar-refractivity contribution in [1.82, 2.24) is 0 Å². The number of nitrogens with zero attached hydrogens (tertiary/aromatic N) is 4. The van der Waals surface area contributed by atoms with Gasteiger partial charge in [0.25, 0.3) is 0 Å². The van der Waals surface area contributed by atoms with E-state index in [0.29, 0.717) is 23.9 Å². The van der Waals surface area contributed by atoms with Crippen molar-refractivity contribution < 1.29 is 29.1 Å². The summed E-state index contributed by atoms with van der Waals surface area (Å²) >= 11 is 0. The van der Waals surface area contributed by atoms with Gasteiger partial charge in [-0.3, -0.25) is 13.6 Å². The molecule has 4 unspecified atom stereocenters. The Morgan fingerprint density at radius 2 is 0.788 bits per heavy atom. The molecule has 0 aromatic rings. The molecule has 198 valence electrons. The Labute approximate surface area is 220 Å². The van der Waals surface area contributed by atoms with Gasteiger partial charge >= 0.3 is 19.5 Å².